The van der Waals surface area contributed by atoms with Crippen molar-refractivity contribution < 1.29 is 13.2 Å². The van der Waals surface area contributed by atoms with Crippen molar-refractivity contribution in [2.24, 2.45) is 0 Å². The maximum absolute atomic E-state index is 13.1. The van der Waals surface area contributed by atoms with Gasteiger partial charge < -0.3 is 5.32 Å². The number of sulfone groups is 1. The first kappa shape index (κ1) is 18.4. The molecule has 4 rings (SSSR count). The first-order chi connectivity index (χ1) is 13.4. The summed E-state index contributed by atoms with van der Waals surface area (Å²) in [6.45, 7) is 1.77. The highest BCUT2D eigenvalue weighted by Gasteiger charge is 2.40. The van der Waals surface area contributed by atoms with Crippen LogP contribution >= 0.6 is 0 Å². The molecule has 0 spiro atoms. The molecule has 1 atom stereocenters. The molecule has 0 unspecified atom stereocenters. The van der Waals surface area contributed by atoms with Crippen LogP contribution in [0, 0.1) is 0 Å². The zero-order chi connectivity index (χ0) is 19.8. The van der Waals surface area contributed by atoms with Gasteiger partial charge >= 0.3 is 0 Å². The lowest BCUT2D eigenvalue weighted by molar-refractivity contribution is 0.0907. The van der Waals surface area contributed by atoms with Gasteiger partial charge in [0.15, 0.2) is 9.84 Å². The fourth-order valence-corrected chi connectivity index (χ4v) is 5.60. The van der Waals surface area contributed by atoms with Crippen LogP contribution in [0.4, 0.5) is 0 Å². The lowest BCUT2D eigenvalue weighted by Crippen LogP contribution is -2.47. The van der Waals surface area contributed by atoms with Gasteiger partial charge in [-0.2, -0.15) is 5.10 Å². The van der Waals surface area contributed by atoms with Gasteiger partial charge in [-0.05, 0) is 31.5 Å². The van der Waals surface area contributed by atoms with Crippen LogP contribution in [0.5, 0.6) is 0 Å². The van der Waals surface area contributed by atoms with Crippen molar-refractivity contribution in [3.8, 4) is 16.9 Å². The Morgan fingerprint density at radius 2 is 1.71 bits per heavy atom. The zero-order valence-corrected chi connectivity index (χ0v) is 16.3. The zero-order valence-electron chi connectivity index (χ0n) is 15.5. The van der Waals surface area contributed by atoms with Crippen LogP contribution in [-0.2, 0) is 9.84 Å². The molecule has 2 heterocycles. The molecule has 7 heteroatoms. The number of benzene rings is 2. The molecule has 0 aliphatic carbocycles. The van der Waals surface area contributed by atoms with Crippen molar-refractivity contribution in [1.82, 2.24) is 15.1 Å². The van der Waals surface area contributed by atoms with E-state index in [2.05, 4.69) is 10.4 Å². The molecule has 28 heavy (non-hydrogen) atoms. The molecule has 6 nitrogen and oxygen atoms in total. The minimum Gasteiger partial charge on any atom is -0.344 e. The standard InChI is InChI=1S/C21H21N3O3S/c1-21(12-13-28(26,27)15-21)22-20(25)19-14-18(16-8-4-2-5-9-16)23-24(19)17-10-6-3-7-11-17/h2-11,14H,12-13,15H2,1H3,(H,22,25)/t21-/m1/s1. The lowest BCUT2D eigenvalue weighted by Gasteiger charge is -2.23. The molecule has 1 aromatic heterocycles. The predicted octanol–water partition coefficient (Wildman–Crippen LogP) is 2.85. The SMILES string of the molecule is C[C@@]1(NC(=O)c2cc(-c3ccccc3)nn2-c2ccccc2)CCS(=O)(=O)C1. The van der Waals surface area contributed by atoms with E-state index in [0.717, 1.165) is 11.3 Å². The average molecular weight is 395 g/mol. The molecular weight excluding hydrogens is 374 g/mol. The van der Waals surface area contributed by atoms with E-state index in [1.54, 1.807) is 17.7 Å². The Bertz CT molecular complexity index is 1110. The molecule has 3 aromatic rings. The number of nitrogens with zero attached hydrogens (tertiary/aromatic N) is 2. The summed E-state index contributed by atoms with van der Waals surface area (Å²) in [4.78, 5) is 13.1. The average Bonchev–Trinajstić information content (AvgIpc) is 3.24. The van der Waals surface area contributed by atoms with Crippen molar-refractivity contribution in [3.63, 3.8) is 0 Å². The van der Waals surface area contributed by atoms with Gasteiger partial charge in [0.25, 0.3) is 5.91 Å². The van der Waals surface area contributed by atoms with Crippen LogP contribution in [0.1, 0.15) is 23.8 Å². The van der Waals surface area contributed by atoms with Gasteiger partial charge in [-0.3, -0.25) is 4.79 Å². The topological polar surface area (TPSA) is 81.1 Å². The summed E-state index contributed by atoms with van der Waals surface area (Å²) >= 11 is 0. The summed E-state index contributed by atoms with van der Waals surface area (Å²) in [6.07, 6.45) is 0.409. The third-order valence-electron chi connectivity index (χ3n) is 4.93. The molecule has 0 bridgehead atoms. The van der Waals surface area contributed by atoms with Gasteiger partial charge in [-0.1, -0.05) is 48.5 Å². The van der Waals surface area contributed by atoms with Crippen molar-refractivity contribution in [1.29, 1.82) is 0 Å². The Kier molecular flexibility index (Phi) is 4.55. The molecule has 144 valence electrons. The van der Waals surface area contributed by atoms with E-state index in [-0.39, 0.29) is 17.4 Å². The van der Waals surface area contributed by atoms with Crippen molar-refractivity contribution >= 4 is 15.7 Å². The van der Waals surface area contributed by atoms with Gasteiger partial charge in [0.2, 0.25) is 0 Å². The van der Waals surface area contributed by atoms with E-state index in [1.807, 2.05) is 60.7 Å². The molecule has 1 N–H and O–H groups in total. The number of amides is 1. The first-order valence-corrected chi connectivity index (χ1v) is 10.9. The van der Waals surface area contributed by atoms with E-state index in [4.69, 9.17) is 0 Å². The molecule has 0 saturated carbocycles. The van der Waals surface area contributed by atoms with Crippen LogP contribution < -0.4 is 5.32 Å². The molecule has 0 radical (unpaired) electrons. The minimum atomic E-state index is -3.12. The molecule has 1 aliphatic rings. The van der Waals surface area contributed by atoms with Crippen LogP contribution in [0.2, 0.25) is 0 Å². The highest BCUT2D eigenvalue weighted by atomic mass is 32.2. The van der Waals surface area contributed by atoms with Crippen LogP contribution in [0.15, 0.2) is 66.7 Å². The first-order valence-electron chi connectivity index (χ1n) is 9.09. The number of aromatic nitrogens is 2. The summed E-state index contributed by atoms with van der Waals surface area (Å²) in [5.74, 6) is -0.286. The van der Waals surface area contributed by atoms with Crippen LogP contribution in [0.3, 0.4) is 0 Å². The number of nitrogens with one attached hydrogen (secondary N) is 1. The number of para-hydroxylation sites is 1. The number of hydrogen-bond acceptors (Lipinski definition) is 4. The summed E-state index contributed by atoms with van der Waals surface area (Å²) in [5.41, 5.74) is 1.95. The van der Waals surface area contributed by atoms with Gasteiger partial charge in [0.05, 0.1) is 28.4 Å². The predicted molar refractivity (Wildman–Crippen MR) is 108 cm³/mol. The van der Waals surface area contributed by atoms with E-state index in [9.17, 15) is 13.2 Å². The lowest BCUT2D eigenvalue weighted by atomic mass is 10.0. The Morgan fingerprint density at radius 3 is 2.32 bits per heavy atom. The van der Waals surface area contributed by atoms with E-state index >= 15 is 0 Å². The Morgan fingerprint density at radius 1 is 1.07 bits per heavy atom. The number of rotatable bonds is 4. The second kappa shape index (κ2) is 6.91. The quantitative estimate of drug-likeness (QED) is 0.737. The summed E-state index contributed by atoms with van der Waals surface area (Å²) < 4.78 is 25.3. The van der Waals surface area contributed by atoms with E-state index in [1.165, 1.54) is 0 Å². The monoisotopic (exact) mass is 395 g/mol. The van der Waals surface area contributed by atoms with Crippen LogP contribution in [-0.4, -0.2) is 41.2 Å². The maximum Gasteiger partial charge on any atom is 0.270 e. The summed E-state index contributed by atoms with van der Waals surface area (Å²) in [5, 5.41) is 7.56. The largest absolute Gasteiger partial charge is 0.344 e. The van der Waals surface area contributed by atoms with E-state index < -0.39 is 15.4 Å². The Labute approximate surface area is 164 Å². The maximum atomic E-state index is 13.1. The fraction of sp³-hybridized carbons (Fsp3) is 0.238. The van der Waals surface area contributed by atoms with Crippen molar-refractivity contribution in [2.45, 2.75) is 18.9 Å². The summed E-state index contributed by atoms with van der Waals surface area (Å²) in [7, 11) is -3.12. The second-order valence-corrected chi connectivity index (χ2v) is 9.57. The molecular formula is C21H21N3O3S. The normalized spacial score (nSPS) is 20.8. The Hall–Kier alpha value is -2.93. The Balaban J connectivity index is 1.73. The van der Waals surface area contributed by atoms with Gasteiger partial charge in [-0.25, -0.2) is 13.1 Å². The molecule has 1 saturated heterocycles. The third-order valence-corrected chi connectivity index (χ3v) is 6.83. The number of carbonyl (C=O) groups excluding carboxylic acids is 1. The van der Waals surface area contributed by atoms with Crippen LogP contribution in [0.25, 0.3) is 16.9 Å². The molecule has 1 fully saturated rings. The highest BCUT2D eigenvalue weighted by molar-refractivity contribution is 7.91. The third kappa shape index (κ3) is 3.71. The number of carbonyl (C=O) groups is 1. The summed E-state index contributed by atoms with van der Waals surface area (Å²) in [6, 6.07) is 20.8. The minimum absolute atomic E-state index is 0.0449. The number of hydrogen-bond donors (Lipinski definition) is 1. The van der Waals surface area contributed by atoms with Gasteiger partial charge in [0, 0.05) is 5.56 Å². The van der Waals surface area contributed by atoms with Gasteiger partial charge in [0.1, 0.15) is 5.69 Å². The highest BCUT2D eigenvalue weighted by Crippen LogP contribution is 2.25. The van der Waals surface area contributed by atoms with Crippen molar-refractivity contribution in [2.75, 3.05) is 11.5 Å². The van der Waals surface area contributed by atoms with Gasteiger partial charge in [-0.15, -0.1) is 0 Å². The van der Waals surface area contributed by atoms with E-state index in [0.29, 0.717) is 17.8 Å². The second-order valence-electron chi connectivity index (χ2n) is 7.39. The molecule has 1 aliphatic heterocycles. The van der Waals surface area contributed by atoms with Crippen molar-refractivity contribution in [3.05, 3.63) is 72.4 Å². The fourth-order valence-electron chi connectivity index (χ4n) is 3.51. The smallest absolute Gasteiger partial charge is 0.270 e. The molecule has 1 amide bonds. The molecule has 2 aromatic carbocycles.